The van der Waals surface area contributed by atoms with Gasteiger partial charge in [-0.15, -0.1) is 0 Å². The highest BCUT2D eigenvalue weighted by Gasteiger charge is 2.05. The van der Waals surface area contributed by atoms with Crippen LogP contribution in [0.3, 0.4) is 0 Å². The number of fused-ring (bicyclic) bond motifs is 1. The van der Waals surface area contributed by atoms with E-state index in [0.29, 0.717) is 0 Å². The van der Waals surface area contributed by atoms with Crippen LogP contribution in [-0.2, 0) is 0 Å². The van der Waals surface area contributed by atoms with E-state index in [9.17, 15) is 5.11 Å². The predicted molar refractivity (Wildman–Crippen MR) is 89.9 cm³/mol. The Morgan fingerprint density at radius 2 is 1.65 bits per heavy atom. The minimum absolute atomic E-state index is 0.248. The summed E-state index contributed by atoms with van der Waals surface area (Å²) in [5.41, 5.74) is 4.52. The Kier molecular flexibility index (Phi) is 3.20. The van der Waals surface area contributed by atoms with Gasteiger partial charge in [0.25, 0.3) is 0 Å². The second-order valence-electron chi connectivity index (χ2n) is 5.25. The van der Waals surface area contributed by atoms with Crippen molar-refractivity contribution < 1.29 is 5.11 Å². The maximum absolute atomic E-state index is 9.40. The first-order valence-electron chi connectivity index (χ1n) is 7.26. The second kappa shape index (κ2) is 5.50. The summed E-state index contributed by atoms with van der Waals surface area (Å²) in [6.07, 6.45) is 5.36. The summed E-state index contributed by atoms with van der Waals surface area (Å²) in [7, 11) is 0. The molecule has 110 valence electrons. The lowest BCUT2D eigenvalue weighted by molar-refractivity contribution is 0.475. The molecule has 0 spiro atoms. The van der Waals surface area contributed by atoms with Crippen molar-refractivity contribution in [2.75, 3.05) is 0 Å². The minimum atomic E-state index is 0.248. The molecular formula is C19H13N3O. The average molecular weight is 299 g/mol. The normalized spacial score (nSPS) is 10.8. The third kappa shape index (κ3) is 2.62. The number of benzene rings is 1. The van der Waals surface area contributed by atoms with Gasteiger partial charge in [0.2, 0.25) is 0 Å². The van der Waals surface area contributed by atoms with Crippen LogP contribution in [0.5, 0.6) is 5.75 Å². The third-order valence-corrected chi connectivity index (χ3v) is 3.69. The Bertz CT molecular complexity index is 967. The van der Waals surface area contributed by atoms with Crippen LogP contribution < -0.4 is 0 Å². The van der Waals surface area contributed by atoms with E-state index in [0.717, 1.165) is 33.4 Å². The molecule has 4 aromatic rings. The third-order valence-electron chi connectivity index (χ3n) is 3.69. The van der Waals surface area contributed by atoms with E-state index >= 15 is 0 Å². The van der Waals surface area contributed by atoms with Gasteiger partial charge in [0.1, 0.15) is 5.75 Å². The number of pyridine rings is 3. The minimum Gasteiger partial charge on any atom is -0.508 e. The Hall–Kier alpha value is -3.27. The molecule has 0 aliphatic carbocycles. The van der Waals surface area contributed by atoms with E-state index in [1.165, 1.54) is 0 Å². The van der Waals surface area contributed by atoms with Crippen LogP contribution in [0, 0.1) is 0 Å². The van der Waals surface area contributed by atoms with Crippen molar-refractivity contribution in [3.8, 4) is 28.3 Å². The molecule has 0 radical (unpaired) electrons. The van der Waals surface area contributed by atoms with Crippen molar-refractivity contribution >= 4 is 10.9 Å². The Labute approximate surface area is 133 Å². The van der Waals surface area contributed by atoms with Gasteiger partial charge in [-0.1, -0.05) is 0 Å². The molecule has 1 aromatic carbocycles. The number of hydrogen-bond donors (Lipinski definition) is 1. The number of hydrogen-bond acceptors (Lipinski definition) is 4. The molecule has 1 N–H and O–H groups in total. The van der Waals surface area contributed by atoms with Gasteiger partial charge in [-0.2, -0.15) is 0 Å². The van der Waals surface area contributed by atoms with Gasteiger partial charge >= 0.3 is 0 Å². The number of phenolic OH excluding ortho intramolecular Hbond substituents is 1. The molecule has 4 rings (SSSR count). The lowest BCUT2D eigenvalue weighted by Crippen LogP contribution is -1.89. The highest BCUT2D eigenvalue weighted by atomic mass is 16.3. The van der Waals surface area contributed by atoms with Crippen molar-refractivity contribution in [1.82, 2.24) is 15.0 Å². The van der Waals surface area contributed by atoms with Crippen molar-refractivity contribution in [3.63, 3.8) is 0 Å². The molecular weight excluding hydrogens is 286 g/mol. The van der Waals surface area contributed by atoms with Crippen LogP contribution in [-0.4, -0.2) is 20.1 Å². The zero-order chi connectivity index (χ0) is 15.6. The van der Waals surface area contributed by atoms with Crippen LogP contribution in [0.1, 0.15) is 0 Å². The van der Waals surface area contributed by atoms with Crippen molar-refractivity contribution in [3.05, 3.63) is 73.2 Å². The molecule has 0 saturated heterocycles. The van der Waals surface area contributed by atoms with Crippen molar-refractivity contribution in [1.29, 1.82) is 0 Å². The number of rotatable bonds is 2. The van der Waals surface area contributed by atoms with E-state index in [4.69, 9.17) is 4.98 Å². The molecule has 0 aliphatic heterocycles. The summed E-state index contributed by atoms with van der Waals surface area (Å²) < 4.78 is 0. The summed E-state index contributed by atoms with van der Waals surface area (Å²) in [5.74, 6) is 0.248. The molecule has 0 amide bonds. The van der Waals surface area contributed by atoms with E-state index < -0.39 is 0 Å². The lowest BCUT2D eigenvalue weighted by atomic mass is 10.1. The smallest absolute Gasteiger partial charge is 0.115 e. The van der Waals surface area contributed by atoms with Gasteiger partial charge in [-0.25, -0.2) is 4.98 Å². The first kappa shape index (κ1) is 13.4. The van der Waals surface area contributed by atoms with E-state index in [2.05, 4.69) is 9.97 Å². The second-order valence-corrected chi connectivity index (χ2v) is 5.25. The monoisotopic (exact) mass is 299 g/mol. The maximum atomic E-state index is 9.40. The van der Waals surface area contributed by atoms with Crippen LogP contribution in [0.4, 0.5) is 0 Å². The standard InChI is InChI=1S/C19H13N3O/c23-16-6-3-13(4-7-16)17-8-5-15-12-21-18(10-19(15)22-17)14-2-1-9-20-11-14/h1-12,23H. The molecule has 0 saturated carbocycles. The Morgan fingerprint density at radius 3 is 2.43 bits per heavy atom. The molecule has 3 heterocycles. The molecule has 3 aromatic heterocycles. The summed E-state index contributed by atoms with van der Waals surface area (Å²) >= 11 is 0. The van der Waals surface area contributed by atoms with Gasteiger partial charge in [-0.3, -0.25) is 9.97 Å². The van der Waals surface area contributed by atoms with Crippen molar-refractivity contribution in [2.24, 2.45) is 0 Å². The van der Waals surface area contributed by atoms with E-state index in [1.807, 2.05) is 48.7 Å². The summed E-state index contributed by atoms with van der Waals surface area (Å²) in [6.45, 7) is 0. The van der Waals surface area contributed by atoms with Gasteiger partial charge in [0.15, 0.2) is 0 Å². The first-order valence-corrected chi connectivity index (χ1v) is 7.26. The molecule has 0 bridgehead atoms. The lowest BCUT2D eigenvalue weighted by Gasteiger charge is -2.05. The number of nitrogens with zero attached hydrogens (tertiary/aromatic N) is 3. The zero-order valence-corrected chi connectivity index (χ0v) is 12.2. The number of phenols is 1. The first-order chi connectivity index (χ1) is 11.3. The largest absolute Gasteiger partial charge is 0.508 e. The highest BCUT2D eigenvalue weighted by Crippen LogP contribution is 2.25. The van der Waals surface area contributed by atoms with Crippen molar-refractivity contribution in [2.45, 2.75) is 0 Å². The molecule has 4 nitrogen and oxygen atoms in total. The predicted octanol–water partition coefficient (Wildman–Crippen LogP) is 4.06. The molecule has 4 heteroatoms. The number of aromatic nitrogens is 3. The topological polar surface area (TPSA) is 58.9 Å². The maximum Gasteiger partial charge on any atom is 0.115 e. The van der Waals surface area contributed by atoms with Crippen LogP contribution in [0.15, 0.2) is 73.2 Å². The fraction of sp³-hybridized carbons (Fsp3) is 0. The van der Waals surface area contributed by atoms with E-state index in [1.54, 1.807) is 24.5 Å². The van der Waals surface area contributed by atoms with Crippen LogP contribution >= 0.6 is 0 Å². The number of aromatic hydroxyl groups is 1. The molecule has 23 heavy (non-hydrogen) atoms. The fourth-order valence-electron chi connectivity index (χ4n) is 2.48. The summed E-state index contributed by atoms with van der Waals surface area (Å²) in [6, 6.07) is 16.8. The fourth-order valence-corrected chi connectivity index (χ4v) is 2.48. The highest BCUT2D eigenvalue weighted by molar-refractivity contribution is 5.84. The molecule has 0 fully saturated rings. The van der Waals surface area contributed by atoms with Gasteiger partial charge in [-0.05, 0) is 54.6 Å². The average Bonchev–Trinajstić information content (AvgIpc) is 2.62. The summed E-state index contributed by atoms with van der Waals surface area (Å²) in [5, 5.41) is 10.4. The van der Waals surface area contributed by atoms with E-state index in [-0.39, 0.29) is 5.75 Å². The molecule has 0 atom stereocenters. The van der Waals surface area contributed by atoms with Gasteiger partial charge < -0.3 is 5.11 Å². The van der Waals surface area contributed by atoms with Gasteiger partial charge in [0, 0.05) is 35.1 Å². The molecule has 0 aliphatic rings. The summed E-state index contributed by atoms with van der Waals surface area (Å²) in [4.78, 5) is 13.3. The van der Waals surface area contributed by atoms with Crippen LogP contribution in [0.25, 0.3) is 33.4 Å². The zero-order valence-electron chi connectivity index (χ0n) is 12.2. The van der Waals surface area contributed by atoms with Crippen LogP contribution in [0.2, 0.25) is 0 Å². The SMILES string of the molecule is Oc1ccc(-c2ccc3cnc(-c4cccnc4)cc3n2)cc1. The Balaban J connectivity index is 1.82. The molecule has 0 unspecified atom stereocenters. The van der Waals surface area contributed by atoms with Gasteiger partial charge in [0.05, 0.1) is 16.9 Å². The Morgan fingerprint density at radius 1 is 0.783 bits per heavy atom. The quantitative estimate of drug-likeness (QED) is 0.606.